The van der Waals surface area contributed by atoms with Gasteiger partial charge in [0.05, 0.1) is 14.4 Å². The zero-order valence-corrected chi connectivity index (χ0v) is 14.1. The van der Waals surface area contributed by atoms with Crippen molar-refractivity contribution in [3.63, 3.8) is 0 Å². The lowest BCUT2D eigenvalue weighted by Crippen LogP contribution is -2.16. The van der Waals surface area contributed by atoms with Gasteiger partial charge < -0.3 is 4.42 Å². The number of hydrogen-bond acceptors (Lipinski definition) is 5. The first kappa shape index (κ1) is 14.0. The van der Waals surface area contributed by atoms with Crippen LogP contribution in [0.4, 0.5) is 0 Å². The Bertz CT molecular complexity index is 675. The fourth-order valence-corrected chi connectivity index (χ4v) is 4.15. The Hall–Kier alpha value is -0.950. The second kappa shape index (κ2) is 6.22. The van der Waals surface area contributed by atoms with Gasteiger partial charge in [-0.15, -0.1) is 22.7 Å². The van der Waals surface area contributed by atoms with Gasteiger partial charge in [-0.25, -0.2) is 4.98 Å². The third-order valence-corrected chi connectivity index (χ3v) is 5.24. The van der Waals surface area contributed by atoms with Crippen LogP contribution in [0.2, 0.25) is 0 Å². The number of nitrogens with zero attached hydrogens (tertiary/aromatic N) is 2. The number of oxazole rings is 1. The van der Waals surface area contributed by atoms with Crippen molar-refractivity contribution < 1.29 is 4.42 Å². The Morgan fingerprint density at radius 3 is 2.90 bits per heavy atom. The summed E-state index contributed by atoms with van der Waals surface area (Å²) >= 11 is 6.89. The van der Waals surface area contributed by atoms with Crippen LogP contribution in [0, 0.1) is 0 Å². The van der Waals surface area contributed by atoms with E-state index in [0.29, 0.717) is 5.89 Å². The van der Waals surface area contributed by atoms with Gasteiger partial charge in [0, 0.05) is 18.0 Å². The quantitative estimate of drug-likeness (QED) is 0.643. The minimum Gasteiger partial charge on any atom is -0.444 e. The van der Waals surface area contributed by atoms with E-state index in [1.807, 2.05) is 17.5 Å². The summed E-state index contributed by atoms with van der Waals surface area (Å²) < 4.78 is 6.70. The van der Waals surface area contributed by atoms with E-state index in [9.17, 15) is 0 Å². The SMILES string of the molecule is CN(Cc1coc(-c2cccs2)n1)Cc1ccc(Br)s1. The molecule has 0 N–H and O–H groups in total. The van der Waals surface area contributed by atoms with E-state index in [2.05, 4.69) is 45.0 Å². The van der Waals surface area contributed by atoms with Crippen molar-refractivity contribution in [2.45, 2.75) is 13.1 Å². The zero-order valence-electron chi connectivity index (χ0n) is 10.9. The molecule has 0 saturated heterocycles. The Morgan fingerprint density at radius 1 is 1.30 bits per heavy atom. The zero-order chi connectivity index (χ0) is 13.9. The highest BCUT2D eigenvalue weighted by Crippen LogP contribution is 2.25. The van der Waals surface area contributed by atoms with Gasteiger partial charge in [-0.05, 0) is 46.6 Å². The third-order valence-electron chi connectivity index (χ3n) is 2.77. The van der Waals surface area contributed by atoms with E-state index >= 15 is 0 Å². The molecular formula is C14H13BrN2OS2. The number of rotatable bonds is 5. The first-order valence-electron chi connectivity index (χ1n) is 6.12. The molecule has 0 spiro atoms. The van der Waals surface area contributed by atoms with Crippen LogP contribution in [0.1, 0.15) is 10.6 Å². The second-order valence-electron chi connectivity index (χ2n) is 4.50. The fraction of sp³-hybridized carbons (Fsp3) is 0.214. The maximum Gasteiger partial charge on any atom is 0.236 e. The molecule has 3 nitrogen and oxygen atoms in total. The lowest BCUT2D eigenvalue weighted by molar-refractivity contribution is 0.317. The van der Waals surface area contributed by atoms with E-state index in [1.165, 1.54) is 8.66 Å². The summed E-state index contributed by atoms with van der Waals surface area (Å²) in [5.74, 6) is 0.710. The van der Waals surface area contributed by atoms with Gasteiger partial charge in [0.1, 0.15) is 6.26 Å². The number of aromatic nitrogens is 1. The molecule has 3 aromatic rings. The molecule has 0 amide bonds. The highest BCUT2D eigenvalue weighted by atomic mass is 79.9. The van der Waals surface area contributed by atoms with Crippen LogP contribution in [0.25, 0.3) is 10.8 Å². The van der Waals surface area contributed by atoms with Gasteiger partial charge >= 0.3 is 0 Å². The van der Waals surface area contributed by atoms with Crippen molar-refractivity contribution in [3.8, 4) is 10.8 Å². The van der Waals surface area contributed by atoms with Crippen LogP contribution >= 0.6 is 38.6 Å². The third kappa shape index (κ3) is 3.38. The predicted molar refractivity (Wildman–Crippen MR) is 87.0 cm³/mol. The predicted octanol–water partition coefficient (Wildman–Crippen LogP) is 4.86. The molecule has 0 unspecified atom stereocenters. The van der Waals surface area contributed by atoms with Gasteiger partial charge in [-0.2, -0.15) is 0 Å². The van der Waals surface area contributed by atoms with E-state index < -0.39 is 0 Å². The Kier molecular flexibility index (Phi) is 4.35. The molecule has 0 atom stereocenters. The first-order chi connectivity index (χ1) is 9.70. The minimum absolute atomic E-state index is 0.710. The normalized spacial score (nSPS) is 11.3. The molecule has 3 rings (SSSR count). The minimum atomic E-state index is 0.710. The second-order valence-corrected chi connectivity index (χ2v) is 7.99. The van der Waals surface area contributed by atoms with Crippen LogP contribution in [-0.2, 0) is 13.1 Å². The summed E-state index contributed by atoms with van der Waals surface area (Å²) in [5.41, 5.74) is 0.964. The van der Waals surface area contributed by atoms with Crippen LogP contribution < -0.4 is 0 Å². The number of hydrogen-bond donors (Lipinski definition) is 0. The molecule has 0 aromatic carbocycles. The average molecular weight is 369 g/mol. The Morgan fingerprint density at radius 2 is 2.20 bits per heavy atom. The van der Waals surface area contributed by atoms with Crippen molar-refractivity contribution >= 4 is 38.6 Å². The lowest BCUT2D eigenvalue weighted by Gasteiger charge is -2.13. The molecule has 0 radical (unpaired) electrons. The van der Waals surface area contributed by atoms with E-state index in [4.69, 9.17) is 4.42 Å². The molecule has 20 heavy (non-hydrogen) atoms. The average Bonchev–Trinajstić information content (AvgIpc) is 3.10. The molecular weight excluding hydrogens is 356 g/mol. The fourth-order valence-electron chi connectivity index (χ4n) is 1.93. The molecule has 0 aliphatic rings. The smallest absolute Gasteiger partial charge is 0.236 e. The van der Waals surface area contributed by atoms with Gasteiger partial charge in [0.15, 0.2) is 0 Å². The number of halogens is 1. The first-order valence-corrected chi connectivity index (χ1v) is 8.60. The molecule has 104 valence electrons. The molecule has 0 saturated carbocycles. The summed E-state index contributed by atoms with van der Waals surface area (Å²) in [5, 5.41) is 2.03. The van der Waals surface area contributed by atoms with Crippen molar-refractivity contribution in [2.24, 2.45) is 0 Å². The summed E-state index contributed by atoms with van der Waals surface area (Å²) in [6.07, 6.45) is 1.75. The molecule has 0 bridgehead atoms. The van der Waals surface area contributed by atoms with Crippen molar-refractivity contribution in [1.82, 2.24) is 9.88 Å². The van der Waals surface area contributed by atoms with Crippen LogP contribution in [0.15, 0.2) is 44.1 Å². The summed E-state index contributed by atoms with van der Waals surface area (Å²) in [6, 6.07) is 8.25. The maximum atomic E-state index is 5.53. The van der Waals surface area contributed by atoms with Crippen LogP contribution in [0.3, 0.4) is 0 Å². The van der Waals surface area contributed by atoms with Crippen molar-refractivity contribution in [2.75, 3.05) is 7.05 Å². The molecule has 0 aliphatic heterocycles. The Balaban J connectivity index is 1.63. The van der Waals surface area contributed by atoms with Gasteiger partial charge in [-0.3, -0.25) is 4.90 Å². The van der Waals surface area contributed by atoms with Gasteiger partial charge in [-0.1, -0.05) is 6.07 Å². The lowest BCUT2D eigenvalue weighted by atomic mass is 10.4. The van der Waals surface area contributed by atoms with Gasteiger partial charge in [0.2, 0.25) is 5.89 Å². The van der Waals surface area contributed by atoms with E-state index in [-0.39, 0.29) is 0 Å². The van der Waals surface area contributed by atoms with Crippen LogP contribution in [-0.4, -0.2) is 16.9 Å². The number of thiophene rings is 2. The van der Waals surface area contributed by atoms with Crippen LogP contribution in [0.5, 0.6) is 0 Å². The maximum absolute atomic E-state index is 5.53. The molecule has 3 heterocycles. The highest BCUT2D eigenvalue weighted by molar-refractivity contribution is 9.11. The highest BCUT2D eigenvalue weighted by Gasteiger charge is 2.10. The summed E-state index contributed by atoms with van der Waals surface area (Å²) in [4.78, 5) is 9.17. The van der Waals surface area contributed by atoms with Gasteiger partial charge in [0.25, 0.3) is 0 Å². The van der Waals surface area contributed by atoms with Crippen molar-refractivity contribution in [1.29, 1.82) is 0 Å². The summed E-state index contributed by atoms with van der Waals surface area (Å²) in [6.45, 7) is 1.70. The van der Waals surface area contributed by atoms with E-state index in [0.717, 1.165) is 23.7 Å². The largest absolute Gasteiger partial charge is 0.444 e. The Labute approximate surface area is 134 Å². The topological polar surface area (TPSA) is 29.3 Å². The molecule has 6 heteroatoms. The monoisotopic (exact) mass is 368 g/mol. The molecule has 3 aromatic heterocycles. The van der Waals surface area contributed by atoms with E-state index in [1.54, 1.807) is 28.9 Å². The van der Waals surface area contributed by atoms with Crippen molar-refractivity contribution in [3.05, 3.63) is 50.3 Å². The summed E-state index contributed by atoms with van der Waals surface area (Å²) in [7, 11) is 2.09. The standard InChI is InChI=1S/C14H13BrN2OS2/c1-17(8-11-4-5-13(15)20-11)7-10-9-18-14(16-10)12-3-2-6-19-12/h2-6,9H,7-8H2,1H3. The molecule has 0 aliphatic carbocycles. The molecule has 0 fully saturated rings.